The first-order chi connectivity index (χ1) is 14.7. The van der Waals surface area contributed by atoms with Crippen molar-refractivity contribution < 1.29 is 0 Å². The van der Waals surface area contributed by atoms with Gasteiger partial charge in [0.25, 0.3) is 5.56 Å². The average Bonchev–Trinajstić information content (AvgIpc) is 3.40. The molecule has 0 saturated heterocycles. The first-order valence-electron chi connectivity index (χ1n) is 9.69. The van der Waals surface area contributed by atoms with Crippen LogP contribution >= 0.6 is 0 Å². The number of nitrogens with one attached hydrogen (secondary N) is 2. The molecule has 0 aliphatic heterocycles. The molecule has 1 aliphatic carbocycles. The largest absolute Gasteiger partial charge is 0.325 e. The summed E-state index contributed by atoms with van der Waals surface area (Å²) in [4.78, 5) is 37.4. The van der Waals surface area contributed by atoms with Gasteiger partial charge in [-0.05, 0) is 42.0 Å². The summed E-state index contributed by atoms with van der Waals surface area (Å²) in [5.74, 6) is 0.617. The lowest BCUT2D eigenvalue weighted by Crippen LogP contribution is -2.23. The molecule has 1 aliphatic rings. The Balaban J connectivity index is 1.48. The summed E-state index contributed by atoms with van der Waals surface area (Å²) in [6, 6.07) is 12.2. The van der Waals surface area contributed by atoms with Gasteiger partial charge in [-0.1, -0.05) is 18.2 Å². The number of aromatic amines is 2. The predicted octanol–water partition coefficient (Wildman–Crippen LogP) is 2.59. The Morgan fingerprint density at radius 3 is 2.77 bits per heavy atom. The van der Waals surface area contributed by atoms with Gasteiger partial charge in [0.1, 0.15) is 0 Å². The highest BCUT2D eigenvalue weighted by atomic mass is 16.2. The Morgan fingerprint density at radius 2 is 1.87 bits per heavy atom. The topological polar surface area (TPSA) is 109 Å². The van der Waals surface area contributed by atoms with Gasteiger partial charge in [-0.3, -0.25) is 14.8 Å². The molecule has 0 radical (unpaired) electrons. The van der Waals surface area contributed by atoms with E-state index in [9.17, 15) is 9.59 Å². The van der Waals surface area contributed by atoms with Crippen molar-refractivity contribution in [2.75, 3.05) is 0 Å². The van der Waals surface area contributed by atoms with Crippen LogP contribution in [0.5, 0.6) is 0 Å². The van der Waals surface area contributed by atoms with Gasteiger partial charge in [0.05, 0.1) is 16.8 Å². The van der Waals surface area contributed by atoms with E-state index in [0.29, 0.717) is 17.2 Å². The number of pyridine rings is 1. The molecule has 2 N–H and O–H groups in total. The lowest BCUT2D eigenvalue weighted by atomic mass is 10.0. The molecular weight excluding hydrogens is 380 g/mol. The van der Waals surface area contributed by atoms with Crippen LogP contribution in [-0.4, -0.2) is 29.5 Å². The van der Waals surface area contributed by atoms with Gasteiger partial charge in [-0.25, -0.2) is 14.3 Å². The molecule has 146 valence electrons. The maximum Gasteiger partial charge on any atom is 0.325 e. The van der Waals surface area contributed by atoms with E-state index in [-0.39, 0.29) is 5.92 Å². The van der Waals surface area contributed by atoms with E-state index in [1.54, 1.807) is 16.9 Å². The molecule has 8 heteroatoms. The first-order valence-corrected chi connectivity index (χ1v) is 9.69. The van der Waals surface area contributed by atoms with Crippen molar-refractivity contribution in [2.24, 2.45) is 0 Å². The number of H-pyrrole nitrogens is 2. The van der Waals surface area contributed by atoms with E-state index < -0.39 is 11.2 Å². The normalized spacial score (nSPS) is 18.1. The molecule has 4 aromatic heterocycles. The van der Waals surface area contributed by atoms with Crippen LogP contribution in [0, 0.1) is 0 Å². The van der Waals surface area contributed by atoms with Gasteiger partial charge in [0.15, 0.2) is 5.65 Å². The Labute approximate surface area is 169 Å². The summed E-state index contributed by atoms with van der Waals surface area (Å²) in [5.41, 5.74) is 3.89. The van der Waals surface area contributed by atoms with Gasteiger partial charge in [-0.15, -0.1) is 0 Å². The number of benzene rings is 1. The van der Waals surface area contributed by atoms with Crippen molar-refractivity contribution in [2.45, 2.75) is 18.3 Å². The number of rotatable bonds is 3. The lowest BCUT2D eigenvalue weighted by Gasteiger charge is -2.08. The molecule has 0 bridgehead atoms. The van der Waals surface area contributed by atoms with Gasteiger partial charge < -0.3 is 4.98 Å². The van der Waals surface area contributed by atoms with Gasteiger partial charge >= 0.3 is 5.69 Å². The maximum absolute atomic E-state index is 12.3. The Kier molecular flexibility index (Phi) is 3.49. The van der Waals surface area contributed by atoms with Crippen LogP contribution in [0.4, 0.5) is 0 Å². The second kappa shape index (κ2) is 6.21. The van der Waals surface area contributed by atoms with Crippen molar-refractivity contribution in [3.63, 3.8) is 0 Å². The van der Waals surface area contributed by atoms with Crippen LogP contribution in [0.25, 0.3) is 27.8 Å². The second-order valence-corrected chi connectivity index (χ2v) is 7.53. The van der Waals surface area contributed by atoms with E-state index in [1.165, 1.54) is 17.1 Å². The highest BCUT2D eigenvalue weighted by Gasteiger charge is 2.42. The number of para-hydroxylation sites is 1. The predicted molar refractivity (Wildman–Crippen MR) is 112 cm³/mol. The SMILES string of the molecule is O=c1[nH]cc(-c2cc([C@H]3C[C@@H]3c3ccnc4ccccc34)c3nccn3n2)c(=O)[nH]1. The minimum atomic E-state index is -0.542. The van der Waals surface area contributed by atoms with Crippen LogP contribution in [0.3, 0.4) is 0 Å². The van der Waals surface area contributed by atoms with Gasteiger partial charge in [0.2, 0.25) is 0 Å². The average molecular weight is 396 g/mol. The maximum atomic E-state index is 12.3. The van der Waals surface area contributed by atoms with E-state index in [2.05, 4.69) is 37.2 Å². The Hall–Kier alpha value is -4.07. The lowest BCUT2D eigenvalue weighted by molar-refractivity contribution is 0.906. The summed E-state index contributed by atoms with van der Waals surface area (Å²) in [6.07, 6.45) is 7.71. The van der Waals surface area contributed by atoms with Crippen LogP contribution < -0.4 is 11.2 Å². The summed E-state index contributed by atoms with van der Waals surface area (Å²) in [7, 11) is 0. The van der Waals surface area contributed by atoms with E-state index >= 15 is 0 Å². The molecule has 0 spiro atoms. The van der Waals surface area contributed by atoms with Gasteiger partial charge in [-0.2, -0.15) is 5.10 Å². The number of aromatic nitrogens is 6. The standard InChI is InChI=1S/C22H16N6O2/c29-21-17(11-25-22(30)26-21)19-10-16(20-24-7-8-28(20)27-19)15-9-14(15)12-5-6-23-18-4-2-1-3-13(12)18/h1-8,10-11,14-15H,9H2,(H2,25,26,29,30)/t14-,15+/m1/s1. The Morgan fingerprint density at radius 1 is 1.00 bits per heavy atom. The third kappa shape index (κ3) is 2.57. The summed E-state index contributed by atoms with van der Waals surface area (Å²) >= 11 is 0. The van der Waals surface area contributed by atoms with Crippen molar-refractivity contribution >= 4 is 16.6 Å². The first kappa shape index (κ1) is 16.8. The van der Waals surface area contributed by atoms with Crippen LogP contribution in [0.1, 0.15) is 29.4 Å². The molecule has 0 amide bonds. The highest BCUT2D eigenvalue weighted by molar-refractivity contribution is 5.83. The fraction of sp³-hybridized carbons (Fsp3) is 0.136. The highest BCUT2D eigenvalue weighted by Crippen LogP contribution is 2.56. The zero-order valence-corrected chi connectivity index (χ0v) is 15.7. The summed E-state index contributed by atoms with van der Waals surface area (Å²) in [5, 5.41) is 5.68. The fourth-order valence-electron chi connectivity index (χ4n) is 4.27. The van der Waals surface area contributed by atoms with Crippen LogP contribution in [0.2, 0.25) is 0 Å². The van der Waals surface area contributed by atoms with Crippen molar-refractivity contribution in [1.82, 2.24) is 29.5 Å². The zero-order valence-electron chi connectivity index (χ0n) is 15.7. The van der Waals surface area contributed by atoms with Crippen LogP contribution in [0.15, 0.2) is 70.8 Å². The number of nitrogens with zero attached hydrogens (tertiary/aromatic N) is 4. The number of fused-ring (bicyclic) bond motifs is 2. The molecular formula is C22H16N6O2. The molecule has 30 heavy (non-hydrogen) atoms. The smallest absolute Gasteiger partial charge is 0.313 e. The second-order valence-electron chi connectivity index (χ2n) is 7.53. The number of hydrogen-bond donors (Lipinski definition) is 2. The van der Waals surface area contributed by atoms with E-state index in [1.807, 2.05) is 30.5 Å². The fourth-order valence-corrected chi connectivity index (χ4v) is 4.27. The number of imidazole rings is 1. The van der Waals surface area contributed by atoms with Gasteiger partial charge in [0, 0.05) is 35.7 Å². The third-order valence-corrected chi connectivity index (χ3v) is 5.75. The molecule has 8 nitrogen and oxygen atoms in total. The quantitative estimate of drug-likeness (QED) is 0.487. The summed E-state index contributed by atoms with van der Waals surface area (Å²) < 4.78 is 1.69. The number of hydrogen-bond acceptors (Lipinski definition) is 5. The zero-order chi connectivity index (χ0) is 20.2. The molecule has 4 heterocycles. The Bertz CT molecular complexity index is 1540. The molecule has 6 rings (SSSR count). The minimum Gasteiger partial charge on any atom is -0.313 e. The van der Waals surface area contributed by atoms with Crippen LogP contribution in [-0.2, 0) is 0 Å². The molecule has 1 saturated carbocycles. The van der Waals surface area contributed by atoms with E-state index in [4.69, 9.17) is 0 Å². The molecule has 0 unspecified atom stereocenters. The molecule has 1 fully saturated rings. The van der Waals surface area contributed by atoms with E-state index in [0.717, 1.165) is 23.1 Å². The van der Waals surface area contributed by atoms with Crippen molar-refractivity contribution in [3.8, 4) is 11.3 Å². The monoisotopic (exact) mass is 396 g/mol. The van der Waals surface area contributed by atoms with Crippen molar-refractivity contribution in [3.05, 3.63) is 93.2 Å². The minimum absolute atomic E-state index is 0.268. The molecule has 1 aromatic carbocycles. The summed E-state index contributed by atoms with van der Waals surface area (Å²) in [6.45, 7) is 0. The third-order valence-electron chi connectivity index (χ3n) is 5.75. The molecule has 2 atom stereocenters. The van der Waals surface area contributed by atoms with Crippen molar-refractivity contribution in [1.29, 1.82) is 0 Å². The molecule has 5 aromatic rings.